The van der Waals surface area contributed by atoms with E-state index in [0.717, 1.165) is 0 Å². The largest absolute Gasteiger partial charge is 0.492 e. The van der Waals surface area contributed by atoms with Gasteiger partial charge in [0.15, 0.2) is 5.69 Å². The molecule has 0 unspecified atom stereocenters. The third-order valence-electron chi connectivity index (χ3n) is 1.17. The van der Waals surface area contributed by atoms with Gasteiger partial charge in [-0.1, -0.05) is 0 Å². The standard InChI is InChI=1S/C5H7N5O3/c6-4-9-2(11)1(3(12)10-4)8-5(7)13/h(H3,7,8,13)(H4,6,9,10,11,12). The second-order valence-electron chi connectivity index (χ2n) is 2.14. The first-order valence-electron chi connectivity index (χ1n) is 3.16. The number of hydrogen-bond donors (Lipinski definition) is 5. The molecule has 0 radical (unpaired) electrons. The van der Waals surface area contributed by atoms with Crippen LogP contribution in [0.3, 0.4) is 0 Å². The molecule has 1 rings (SSSR count). The van der Waals surface area contributed by atoms with E-state index in [-0.39, 0.29) is 5.95 Å². The van der Waals surface area contributed by atoms with E-state index in [0.29, 0.717) is 0 Å². The van der Waals surface area contributed by atoms with Gasteiger partial charge in [-0.2, -0.15) is 4.98 Å². The van der Waals surface area contributed by atoms with Gasteiger partial charge in [-0.25, -0.2) is 4.79 Å². The number of nitrogens with one attached hydrogen (secondary N) is 2. The molecule has 8 heteroatoms. The molecule has 1 aromatic rings. The van der Waals surface area contributed by atoms with Crippen LogP contribution in [0.2, 0.25) is 0 Å². The maximum Gasteiger partial charge on any atom is 0.316 e. The monoisotopic (exact) mass is 185 g/mol. The Morgan fingerprint density at radius 3 is 2.69 bits per heavy atom. The minimum Gasteiger partial charge on any atom is -0.492 e. The zero-order chi connectivity index (χ0) is 10.0. The zero-order valence-electron chi connectivity index (χ0n) is 6.37. The third-order valence-corrected chi connectivity index (χ3v) is 1.17. The van der Waals surface area contributed by atoms with Crippen molar-refractivity contribution >= 4 is 17.7 Å². The summed E-state index contributed by atoms with van der Waals surface area (Å²) in [4.78, 5) is 26.7. The topological polar surface area (TPSA) is 147 Å². The van der Waals surface area contributed by atoms with E-state index in [9.17, 15) is 9.59 Å². The molecule has 0 aliphatic rings. The molecule has 0 aliphatic carbocycles. The Morgan fingerprint density at radius 1 is 1.62 bits per heavy atom. The van der Waals surface area contributed by atoms with E-state index < -0.39 is 23.2 Å². The number of aromatic hydroxyl groups is 1. The number of carbonyl (C=O) groups excluding carboxylic acids is 1. The maximum absolute atomic E-state index is 11.0. The molecule has 1 heterocycles. The molecule has 1 aromatic heterocycles. The number of rotatable bonds is 1. The molecule has 8 nitrogen and oxygen atoms in total. The number of urea groups is 1. The predicted molar refractivity (Wildman–Crippen MR) is 44.1 cm³/mol. The Morgan fingerprint density at radius 2 is 2.23 bits per heavy atom. The third kappa shape index (κ3) is 1.86. The van der Waals surface area contributed by atoms with Crippen LogP contribution in [-0.2, 0) is 0 Å². The number of amides is 2. The van der Waals surface area contributed by atoms with Gasteiger partial charge in [-0.15, -0.1) is 0 Å². The number of primary amides is 1. The first-order chi connectivity index (χ1) is 6.00. The summed E-state index contributed by atoms with van der Waals surface area (Å²) in [6.07, 6.45) is 0. The highest BCUT2D eigenvalue weighted by molar-refractivity contribution is 5.88. The molecule has 0 spiro atoms. The van der Waals surface area contributed by atoms with Crippen LogP contribution < -0.4 is 22.3 Å². The highest BCUT2D eigenvalue weighted by Crippen LogP contribution is 2.13. The van der Waals surface area contributed by atoms with E-state index >= 15 is 0 Å². The van der Waals surface area contributed by atoms with Gasteiger partial charge < -0.3 is 16.6 Å². The second kappa shape index (κ2) is 3.01. The van der Waals surface area contributed by atoms with Crippen molar-refractivity contribution in [1.82, 2.24) is 9.97 Å². The number of aromatic amines is 1. The average molecular weight is 185 g/mol. The fourth-order valence-electron chi connectivity index (χ4n) is 0.714. The van der Waals surface area contributed by atoms with Crippen LogP contribution in [0.15, 0.2) is 4.79 Å². The van der Waals surface area contributed by atoms with Gasteiger partial charge in [-0.05, 0) is 0 Å². The van der Waals surface area contributed by atoms with Crippen LogP contribution in [0.1, 0.15) is 0 Å². The van der Waals surface area contributed by atoms with Crippen molar-refractivity contribution in [2.24, 2.45) is 5.73 Å². The van der Waals surface area contributed by atoms with Crippen molar-refractivity contribution in [2.45, 2.75) is 0 Å². The Hall–Kier alpha value is -2.25. The molecule has 7 N–H and O–H groups in total. The van der Waals surface area contributed by atoms with Crippen molar-refractivity contribution in [2.75, 3.05) is 11.1 Å². The number of nitrogens with zero attached hydrogens (tertiary/aromatic N) is 1. The molecular formula is C5H7N5O3. The normalized spacial score (nSPS) is 9.54. The highest BCUT2D eigenvalue weighted by Gasteiger charge is 2.10. The van der Waals surface area contributed by atoms with Crippen molar-refractivity contribution in [3.63, 3.8) is 0 Å². The summed E-state index contributed by atoms with van der Waals surface area (Å²) >= 11 is 0. The smallest absolute Gasteiger partial charge is 0.316 e. The van der Waals surface area contributed by atoms with Crippen LogP contribution in [-0.4, -0.2) is 21.1 Å². The molecule has 0 aliphatic heterocycles. The fraction of sp³-hybridized carbons (Fsp3) is 0. The summed E-state index contributed by atoms with van der Waals surface area (Å²) in [6, 6.07) is -0.979. The van der Waals surface area contributed by atoms with Crippen molar-refractivity contribution < 1.29 is 9.90 Å². The fourth-order valence-corrected chi connectivity index (χ4v) is 0.714. The molecule has 0 saturated carbocycles. The number of anilines is 2. The molecule has 0 aromatic carbocycles. The Kier molecular flexibility index (Phi) is 2.05. The number of nitrogen functional groups attached to an aromatic ring is 1. The van der Waals surface area contributed by atoms with Crippen LogP contribution in [0.5, 0.6) is 5.88 Å². The van der Waals surface area contributed by atoms with Crippen LogP contribution in [0.25, 0.3) is 0 Å². The minimum absolute atomic E-state index is 0.252. The number of hydrogen-bond acceptors (Lipinski definition) is 5. The summed E-state index contributed by atoms with van der Waals surface area (Å²) in [5.41, 5.74) is 8.61. The quantitative estimate of drug-likeness (QED) is 0.363. The summed E-state index contributed by atoms with van der Waals surface area (Å²) in [5.74, 6) is -0.933. The van der Waals surface area contributed by atoms with Crippen LogP contribution >= 0.6 is 0 Å². The Labute approximate surface area is 71.6 Å². The van der Waals surface area contributed by atoms with Gasteiger partial charge >= 0.3 is 6.03 Å². The molecule has 70 valence electrons. The van der Waals surface area contributed by atoms with Crippen molar-refractivity contribution in [1.29, 1.82) is 0 Å². The molecule has 0 bridgehead atoms. The Balaban J connectivity index is 3.21. The van der Waals surface area contributed by atoms with Crippen LogP contribution in [0.4, 0.5) is 16.4 Å². The number of carbonyl (C=O) groups is 1. The second-order valence-corrected chi connectivity index (χ2v) is 2.14. The van der Waals surface area contributed by atoms with E-state index in [1.807, 2.05) is 5.32 Å². The van der Waals surface area contributed by atoms with Gasteiger partial charge in [0.1, 0.15) is 0 Å². The van der Waals surface area contributed by atoms with Gasteiger partial charge in [0.05, 0.1) is 0 Å². The van der Waals surface area contributed by atoms with Crippen molar-refractivity contribution in [3.05, 3.63) is 10.4 Å². The van der Waals surface area contributed by atoms with Gasteiger partial charge in [0.25, 0.3) is 5.56 Å². The van der Waals surface area contributed by atoms with E-state index in [1.54, 1.807) is 0 Å². The highest BCUT2D eigenvalue weighted by atomic mass is 16.3. The minimum atomic E-state index is -0.979. The van der Waals surface area contributed by atoms with Crippen molar-refractivity contribution in [3.8, 4) is 5.88 Å². The Bertz CT molecular complexity index is 398. The molecular weight excluding hydrogens is 178 g/mol. The molecule has 13 heavy (non-hydrogen) atoms. The summed E-state index contributed by atoms with van der Waals surface area (Å²) in [5, 5.41) is 10.9. The molecule has 0 fully saturated rings. The summed E-state index contributed by atoms with van der Waals surface area (Å²) in [7, 11) is 0. The number of nitrogens with two attached hydrogens (primary N) is 2. The van der Waals surface area contributed by atoms with Gasteiger partial charge in [0.2, 0.25) is 11.8 Å². The summed E-state index contributed by atoms with van der Waals surface area (Å²) < 4.78 is 0. The first kappa shape index (κ1) is 8.84. The molecule has 2 amide bonds. The zero-order valence-corrected chi connectivity index (χ0v) is 6.37. The maximum atomic E-state index is 11.0. The average Bonchev–Trinajstić information content (AvgIpc) is 1.96. The molecule has 0 saturated heterocycles. The lowest BCUT2D eigenvalue weighted by atomic mass is 10.5. The molecule has 0 atom stereocenters. The predicted octanol–water partition coefficient (Wildman–Crippen LogP) is -1.45. The SMILES string of the molecule is NC(=O)Nc1c(O)nc(N)[nH]c1=O. The van der Waals surface area contributed by atoms with E-state index in [1.165, 1.54) is 0 Å². The first-order valence-corrected chi connectivity index (χ1v) is 3.16. The number of H-pyrrole nitrogens is 1. The van der Waals surface area contributed by atoms with Gasteiger partial charge in [0, 0.05) is 0 Å². The number of aromatic nitrogens is 2. The summed E-state index contributed by atoms with van der Waals surface area (Å²) in [6.45, 7) is 0. The lowest BCUT2D eigenvalue weighted by Crippen LogP contribution is -2.25. The lowest BCUT2D eigenvalue weighted by molar-refractivity contribution is 0.259. The van der Waals surface area contributed by atoms with E-state index in [4.69, 9.17) is 16.6 Å². The van der Waals surface area contributed by atoms with E-state index in [2.05, 4.69) is 9.97 Å². The van der Waals surface area contributed by atoms with Crippen LogP contribution in [0, 0.1) is 0 Å². The lowest BCUT2D eigenvalue weighted by Gasteiger charge is -2.02. The van der Waals surface area contributed by atoms with Gasteiger partial charge in [-0.3, -0.25) is 15.1 Å².